The van der Waals surface area contributed by atoms with Crippen molar-refractivity contribution in [3.63, 3.8) is 0 Å². The van der Waals surface area contributed by atoms with E-state index in [1.165, 1.54) is 71.2 Å². The van der Waals surface area contributed by atoms with Crippen LogP contribution in [0.15, 0.2) is 0 Å². The second kappa shape index (κ2) is 31.6. The number of carbonyl (C=O) groups is 8. The predicted octanol–water partition coefficient (Wildman–Crippen LogP) is 3.88. The van der Waals surface area contributed by atoms with Crippen LogP contribution in [0.2, 0.25) is 0 Å². The molecule has 288 valence electrons. The van der Waals surface area contributed by atoms with Gasteiger partial charge in [-0.15, -0.1) is 0 Å². The first-order valence-electron chi connectivity index (χ1n) is 16.1. The first-order chi connectivity index (χ1) is 23.6. The van der Waals surface area contributed by atoms with E-state index < -0.39 is 41.8 Å². The number of carboxylic acids is 2. The van der Waals surface area contributed by atoms with Gasteiger partial charge in [-0.1, -0.05) is 43.2 Å². The third-order valence-electron chi connectivity index (χ3n) is 6.96. The molecular weight excluding hydrogens is 733 g/mol. The number of rotatable bonds is 30. The standard InChI is InChI=1S/C17H29NO6S2.C15H25NO6S2/c1-12(19)7-5-6-8-14(20)9-13(16(21)23-3)10-25-26-11-15(18-2)17(22)24-4;1-10(17)5-3-4-6-12(18)7-11(14(19)20)8-23-24-9-13(16-2)15(21)22/h13,15,18H,5-11H2,1-4H3;11,13,16H,3-9H2,1-2H3,(H,19,20)(H,21,22). The molecule has 4 unspecified atom stereocenters. The molecule has 50 heavy (non-hydrogen) atoms. The van der Waals surface area contributed by atoms with Crippen molar-refractivity contribution < 1.29 is 58.0 Å². The number of aliphatic carboxylic acids is 2. The predicted molar refractivity (Wildman–Crippen MR) is 199 cm³/mol. The molecule has 0 aliphatic rings. The molecule has 0 fully saturated rings. The van der Waals surface area contributed by atoms with Crippen molar-refractivity contribution in [2.24, 2.45) is 11.8 Å². The van der Waals surface area contributed by atoms with Crippen LogP contribution in [-0.4, -0.2) is 121 Å². The van der Waals surface area contributed by atoms with E-state index >= 15 is 0 Å². The molecule has 0 aliphatic carbocycles. The lowest BCUT2D eigenvalue weighted by molar-refractivity contribution is -0.146. The summed E-state index contributed by atoms with van der Waals surface area (Å²) in [6.45, 7) is 3.03. The van der Waals surface area contributed by atoms with Crippen LogP contribution >= 0.6 is 43.2 Å². The fraction of sp³-hybridized carbons (Fsp3) is 0.750. The Morgan fingerprint density at radius 3 is 1.30 bits per heavy atom. The van der Waals surface area contributed by atoms with E-state index in [9.17, 15) is 43.5 Å². The van der Waals surface area contributed by atoms with E-state index in [1.54, 1.807) is 14.1 Å². The van der Waals surface area contributed by atoms with Gasteiger partial charge < -0.3 is 39.9 Å². The van der Waals surface area contributed by atoms with E-state index in [0.29, 0.717) is 62.2 Å². The molecule has 0 aromatic heterocycles. The van der Waals surface area contributed by atoms with Gasteiger partial charge in [-0.2, -0.15) is 0 Å². The molecule has 14 nitrogen and oxygen atoms in total. The van der Waals surface area contributed by atoms with Gasteiger partial charge in [-0.25, -0.2) is 0 Å². The molecule has 0 spiro atoms. The van der Waals surface area contributed by atoms with Crippen molar-refractivity contribution in [2.45, 2.75) is 90.1 Å². The Kier molecular flexibility index (Phi) is 31.6. The number of hydrogen-bond acceptors (Lipinski definition) is 16. The van der Waals surface area contributed by atoms with Crippen molar-refractivity contribution in [2.75, 3.05) is 51.3 Å². The Hall–Kier alpha value is -2.12. The number of nitrogens with one attached hydrogen (secondary N) is 2. The van der Waals surface area contributed by atoms with Crippen molar-refractivity contribution >= 4 is 90.2 Å². The van der Waals surface area contributed by atoms with E-state index in [1.807, 2.05) is 0 Å². The zero-order valence-electron chi connectivity index (χ0n) is 29.8. The molecule has 0 saturated heterocycles. The summed E-state index contributed by atoms with van der Waals surface area (Å²) in [5, 5.41) is 23.6. The molecule has 0 saturated carbocycles. The van der Waals surface area contributed by atoms with Crippen LogP contribution in [-0.2, 0) is 47.8 Å². The normalized spacial score (nSPS) is 13.1. The van der Waals surface area contributed by atoms with Gasteiger partial charge in [-0.05, 0) is 53.6 Å². The number of ketones is 4. The molecule has 0 aliphatic heterocycles. The Morgan fingerprint density at radius 2 is 0.920 bits per heavy atom. The molecule has 0 amide bonds. The highest BCUT2D eigenvalue weighted by Gasteiger charge is 2.24. The largest absolute Gasteiger partial charge is 0.481 e. The second-order valence-electron chi connectivity index (χ2n) is 11.2. The maximum absolute atomic E-state index is 12.1. The smallest absolute Gasteiger partial charge is 0.323 e. The zero-order chi connectivity index (χ0) is 38.5. The van der Waals surface area contributed by atoms with Crippen molar-refractivity contribution in [3.8, 4) is 0 Å². The highest BCUT2D eigenvalue weighted by atomic mass is 33.1. The number of carbonyl (C=O) groups excluding carboxylic acids is 6. The lowest BCUT2D eigenvalue weighted by Crippen LogP contribution is -2.37. The summed E-state index contributed by atoms with van der Waals surface area (Å²) in [6.07, 6.45) is 4.25. The highest BCUT2D eigenvalue weighted by molar-refractivity contribution is 8.77. The van der Waals surface area contributed by atoms with Gasteiger partial charge in [0, 0.05) is 61.5 Å². The molecule has 0 rings (SSSR count). The van der Waals surface area contributed by atoms with Gasteiger partial charge >= 0.3 is 23.9 Å². The van der Waals surface area contributed by atoms with E-state index in [0.717, 1.165) is 0 Å². The minimum absolute atomic E-state index is 0.00258. The fourth-order valence-electron chi connectivity index (χ4n) is 3.92. The maximum Gasteiger partial charge on any atom is 0.323 e. The molecule has 0 aromatic rings. The van der Waals surface area contributed by atoms with Crippen LogP contribution in [0, 0.1) is 11.8 Å². The van der Waals surface area contributed by atoms with Gasteiger partial charge in [-0.3, -0.25) is 28.8 Å². The summed E-state index contributed by atoms with van der Waals surface area (Å²) in [5.74, 6) is -2.47. The number of hydrogen-bond donors (Lipinski definition) is 4. The summed E-state index contributed by atoms with van der Waals surface area (Å²) in [4.78, 5) is 91.0. The zero-order valence-corrected chi connectivity index (χ0v) is 33.1. The first-order valence-corrected chi connectivity index (χ1v) is 21.1. The average molecular weight is 787 g/mol. The number of unbranched alkanes of at least 4 members (excludes halogenated alkanes) is 2. The molecule has 4 atom stereocenters. The number of methoxy groups -OCH3 is 2. The third-order valence-corrected chi connectivity index (χ3v) is 11.9. The summed E-state index contributed by atoms with van der Waals surface area (Å²) in [6, 6.07) is -1.11. The third kappa shape index (κ3) is 27.6. The maximum atomic E-state index is 12.1. The molecule has 0 bridgehead atoms. The van der Waals surface area contributed by atoms with E-state index in [2.05, 4.69) is 15.4 Å². The topological polar surface area (TPSA) is 220 Å². The van der Waals surface area contributed by atoms with Crippen molar-refractivity contribution in [1.82, 2.24) is 10.6 Å². The minimum atomic E-state index is -1.02. The van der Waals surface area contributed by atoms with Crippen molar-refractivity contribution in [1.29, 1.82) is 0 Å². The quantitative estimate of drug-likeness (QED) is 0.0461. The molecule has 4 N–H and O–H groups in total. The van der Waals surface area contributed by atoms with Gasteiger partial charge in [0.15, 0.2) is 0 Å². The summed E-state index contributed by atoms with van der Waals surface area (Å²) in [5.41, 5.74) is 0. The minimum Gasteiger partial charge on any atom is -0.481 e. The Bertz CT molecular complexity index is 1080. The average Bonchev–Trinajstić information content (AvgIpc) is 3.06. The molecule has 0 aromatic carbocycles. The van der Waals surface area contributed by atoms with E-state index in [-0.39, 0.29) is 54.1 Å². The lowest BCUT2D eigenvalue weighted by Gasteiger charge is -2.15. The van der Waals surface area contributed by atoms with Crippen LogP contribution in [0.1, 0.15) is 78.1 Å². The van der Waals surface area contributed by atoms with Gasteiger partial charge in [0.1, 0.15) is 35.2 Å². The van der Waals surface area contributed by atoms with Crippen LogP contribution in [0.4, 0.5) is 0 Å². The Labute approximate surface area is 311 Å². The molecule has 0 heterocycles. The fourth-order valence-corrected chi connectivity index (χ4v) is 8.99. The number of Topliss-reactive ketones (excluding diaryl/α,β-unsaturated/α-hetero) is 4. The first kappa shape index (κ1) is 50.0. The van der Waals surface area contributed by atoms with Gasteiger partial charge in [0.25, 0.3) is 0 Å². The number of esters is 2. The molecular formula is C32H54N2O12S4. The Morgan fingerprint density at radius 1 is 0.540 bits per heavy atom. The molecule has 18 heteroatoms. The highest BCUT2D eigenvalue weighted by Crippen LogP contribution is 2.28. The SMILES string of the molecule is CNC(CSSCC(CC(=O)CCCCC(C)=O)C(=O)O)C(=O)O.CNC(CSSCC(CC(=O)CCCCC(C)=O)C(=O)OC)C(=O)OC. The van der Waals surface area contributed by atoms with E-state index in [4.69, 9.17) is 9.84 Å². The Balaban J connectivity index is 0. The summed E-state index contributed by atoms with van der Waals surface area (Å²) in [7, 11) is 11.3. The number of ether oxygens (including phenoxy) is 2. The van der Waals surface area contributed by atoms with Crippen LogP contribution in [0.3, 0.4) is 0 Å². The van der Waals surface area contributed by atoms with Crippen molar-refractivity contribution in [3.05, 3.63) is 0 Å². The van der Waals surface area contributed by atoms with Crippen LogP contribution < -0.4 is 10.6 Å². The molecule has 0 radical (unpaired) electrons. The van der Waals surface area contributed by atoms with Crippen LogP contribution in [0.25, 0.3) is 0 Å². The lowest BCUT2D eigenvalue weighted by atomic mass is 10.0. The number of carboxylic acid groups (broad SMARTS) is 2. The summed E-state index contributed by atoms with van der Waals surface area (Å²) < 4.78 is 9.47. The number of likely N-dealkylation sites (N-methyl/N-ethyl adjacent to an activating group) is 2. The second-order valence-corrected chi connectivity index (χ2v) is 16.3. The monoisotopic (exact) mass is 786 g/mol. The van der Waals surface area contributed by atoms with Gasteiger partial charge in [0.2, 0.25) is 0 Å². The van der Waals surface area contributed by atoms with Crippen LogP contribution in [0.5, 0.6) is 0 Å². The van der Waals surface area contributed by atoms with Gasteiger partial charge in [0.05, 0.1) is 26.1 Å². The summed E-state index contributed by atoms with van der Waals surface area (Å²) >= 11 is 0.